The van der Waals surface area contributed by atoms with E-state index in [0.29, 0.717) is 12.1 Å². The predicted octanol–water partition coefficient (Wildman–Crippen LogP) is 0.574. The molecule has 1 aliphatic rings. The lowest BCUT2D eigenvalue weighted by atomic mass is 10.2. The van der Waals surface area contributed by atoms with E-state index in [1.54, 1.807) is 12.3 Å². The number of ether oxygens (including phenoxy) is 1. The number of amides is 1. The number of hydrogen-bond donors (Lipinski definition) is 2. The van der Waals surface area contributed by atoms with Crippen molar-refractivity contribution in [3.63, 3.8) is 0 Å². The summed E-state index contributed by atoms with van der Waals surface area (Å²) in [7, 11) is 2.06. The van der Waals surface area contributed by atoms with E-state index in [0.717, 1.165) is 32.1 Å². The smallest absolute Gasteiger partial charge is 0.252 e. The highest BCUT2D eigenvalue weighted by atomic mass is 16.5. The predicted molar refractivity (Wildman–Crippen MR) is 78.0 cm³/mol. The van der Waals surface area contributed by atoms with E-state index in [1.807, 2.05) is 13.0 Å². The number of carbonyl (C=O) groups excluding carboxylic acids is 1. The Labute approximate surface area is 119 Å². The van der Waals surface area contributed by atoms with Gasteiger partial charge in [-0.25, -0.2) is 4.98 Å². The van der Waals surface area contributed by atoms with Crippen molar-refractivity contribution in [2.45, 2.75) is 13.0 Å². The van der Waals surface area contributed by atoms with Gasteiger partial charge in [-0.3, -0.25) is 4.79 Å². The van der Waals surface area contributed by atoms with E-state index in [9.17, 15) is 4.79 Å². The SMILES string of the molecule is CCNc1ccc(C(=O)NCC2CN(C)CCO2)cn1. The molecule has 1 saturated heterocycles. The Morgan fingerprint density at radius 3 is 3.05 bits per heavy atom. The average molecular weight is 278 g/mol. The minimum Gasteiger partial charge on any atom is -0.374 e. The molecule has 1 amide bonds. The van der Waals surface area contributed by atoms with Crippen LogP contribution in [0.15, 0.2) is 18.3 Å². The number of anilines is 1. The van der Waals surface area contributed by atoms with Crippen LogP contribution in [0.3, 0.4) is 0 Å². The number of nitrogens with one attached hydrogen (secondary N) is 2. The highest BCUT2D eigenvalue weighted by Crippen LogP contribution is 2.05. The van der Waals surface area contributed by atoms with Gasteiger partial charge in [0, 0.05) is 32.4 Å². The molecule has 2 rings (SSSR count). The Morgan fingerprint density at radius 1 is 1.55 bits per heavy atom. The molecule has 110 valence electrons. The van der Waals surface area contributed by atoms with Crippen LogP contribution in [0.4, 0.5) is 5.82 Å². The van der Waals surface area contributed by atoms with E-state index in [-0.39, 0.29) is 12.0 Å². The monoisotopic (exact) mass is 278 g/mol. The number of nitrogens with zero attached hydrogens (tertiary/aromatic N) is 2. The molecule has 1 atom stereocenters. The number of pyridine rings is 1. The van der Waals surface area contributed by atoms with Crippen molar-refractivity contribution in [1.29, 1.82) is 0 Å². The molecule has 0 spiro atoms. The quantitative estimate of drug-likeness (QED) is 0.824. The van der Waals surface area contributed by atoms with Crippen LogP contribution in [-0.2, 0) is 4.74 Å². The van der Waals surface area contributed by atoms with Crippen molar-refractivity contribution in [2.24, 2.45) is 0 Å². The lowest BCUT2D eigenvalue weighted by molar-refractivity contribution is -0.0175. The fourth-order valence-corrected chi connectivity index (χ4v) is 2.11. The minimum absolute atomic E-state index is 0.0618. The molecule has 2 N–H and O–H groups in total. The summed E-state index contributed by atoms with van der Waals surface area (Å²) in [6.45, 7) is 5.85. The van der Waals surface area contributed by atoms with Crippen LogP contribution < -0.4 is 10.6 Å². The van der Waals surface area contributed by atoms with Crippen LogP contribution >= 0.6 is 0 Å². The third-order valence-electron chi connectivity index (χ3n) is 3.22. The number of aromatic nitrogens is 1. The Morgan fingerprint density at radius 2 is 2.40 bits per heavy atom. The normalized spacial score (nSPS) is 19.6. The molecule has 6 heteroatoms. The van der Waals surface area contributed by atoms with E-state index >= 15 is 0 Å². The molecule has 6 nitrogen and oxygen atoms in total. The Bertz CT molecular complexity index is 435. The molecule has 2 heterocycles. The lowest BCUT2D eigenvalue weighted by Gasteiger charge is -2.30. The molecular weight excluding hydrogens is 256 g/mol. The van der Waals surface area contributed by atoms with Crippen LogP contribution in [0.2, 0.25) is 0 Å². The number of hydrogen-bond acceptors (Lipinski definition) is 5. The van der Waals surface area contributed by atoms with Gasteiger partial charge in [-0.05, 0) is 26.1 Å². The molecule has 1 aromatic heterocycles. The van der Waals surface area contributed by atoms with Crippen LogP contribution in [0.5, 0.6) is 0 Å². The first-order valence-electron chi connectivity index (χ1n) is 6.97. The van der Waals surface area contributed by atoms with E-state index in [4.69, 9.17) is 4.74 Å². The maximum Gasteiger partial charge on any atom is 0.252 e. The minimum atomic E-state index is -0.114. The third kappa shape index (κ3) is 4.18. The zero-order valence-electron chi connectivity index (χ0n) is 12.1. The number of rotatable bonds is 5. The highest BCUT2D eigenvalue weighted by molar-refractivity contribution is 5.94. The topological polar surface area (TPSA) is 66.5 Å². The fourth-order valence-electron chi connectivity index (χ4n) is 2.11. The molecule has 0 saturated carbocycles. The van der Waals surface area contributed by atoms with Crippen LogP contribution in [-0.4, -0.2) is 61.7 Å². The van der Waals surface area contributed by atoms with Gasteiger partial charge in [0.25, 0.3) is 5.91 Å². The zero-order valence-corrected chi connectivity index (χ0v) is 12.1. The summed E-state index contributed by atoms with van der Waals surface area (Å²) >= 11 is 0. The summed E-state index contributed by atoms with van der Waals surface area (Å²) in [4.78, 5) is 18.4. The summed E-state index contributed by atoms with van der Waals surface area (Å²) < 4.78 is 5.60. The summed E-state index contributed by atoms with van der Waals surface area (Å²) in [6.07, 6.45) is 1.65. The van der Waals surface area contributed by atoms with E-state index in [1.165, 1.54) is 0 Å². The number of likely N-dealkylation sites (N-methyl/N-ethyl adjacent to an activating group) is 1. The fraction of sp³-hybridized carbons (Fsp3) is 0.571. The largest absolute Gasteiger partial charge is 0.374 e. The van der Waals surface area contributed by atoms with Gasteiger partial charge in [0.1, 0.15) is 5.82 Å². The van der Waals surface area contributed by atoms with Crippen molar-refractivity contribution >= 4 is 11.7 Å². The van der Waals surface area contributed by atoms with Crippen LogP contribution in [0, 0.1) is 0 Å². The van der Waals surface area contributed by atoms with Crippen molar-refractivity contribution < 1.29 is 9.53 Å². The second kappa shape index (κ2) is 7.21. The Kier molecular flexibility index (Phi) is 5.31. The van der Waals surface area contributed by atoms with Crippen molar-refractivity contribution in [1.82, 2.24) is 15.2 Å². The molecule has 1 unspecified atom stereocenters. The highest BCUT2D eigenvalue weighted by Gasteiger charge is 2.18. The Hall–Kier alpha value is -1.66. The van der Waals surface area contributed by atoms with Crippen molar-refractivity contribution in [3.05, 3.63) is 23.9 Å². The van der Waals surface area contributed by atoms with Crippen molar-refractivity contribution in [3.8, 4) is 0 Å². The first-order chi connectivity index (χ1) is 9.69. The molecular formula is C14H22N4O2. The summed E-state index contributed by atoms with van der Waals surface area (Å²) in [6, 6.07) is 3.58. The molecule has 20 heavy (non-hydrogen) atoms. The Balaban J connectivity index is 1.82. The molecule has 0 radical (unpaired) electrons. The zero-order chi connectivity index (χ0) is 14.4. The second-order valence-electron chi connectivity index (χ2n) is 4.93. The van der Waals surface area contributed by atoms with Gasteiger partial charge in [-0.15, -0.1) is 0 Å². The summed E-state index contributed by atoms with van der Waals surface area (Å²) in [5.74, 6) is 0.665. The molecule has 1 aliphatic heterocycles. The standard InChI is InChI=1S/C14H22N4O2/c1-3-15-13-5-4-11(8-16-13)14(19)17-9-12-10-18(2)6-7-20-12/h4-5,8,12H,3,6-7,9-10H2,1-2H3,(H,15,16)(H,17,19). The van der Waals surface area contributed by atoms with Gasteiger partial charge < -0.3 is 20.3 Å². The van der Waals surface area contributed by atoms with Gasteiger partial charge in [-0.1, -0.05) is 0 Å². The summed E-state index contributed by atoms with van der Waals surface area (Å²) in [5, 5.41) is 5.98. The molecule has 1 fully saturated rings. The third-order valence-corrected chi connectivity index (χ3v) is 3.22. The maximum absolute atomic E-state index is 12.0. The van der Waals surface area contributed by atoms with E-state index < -0.39 is 0 Å². The molecule has 1 aromatic rings. The molecule has 0 bridgehead atoms. The van der Waals surface area contributed by atoms with Crippen molar-refractivity contribution in [2.75, 3.05) is 45.2 Å². The van der Waals surface area contributed by atoms with Crippen LogP contribution in [0.25, 0.3) is 0 Å². The molecule has 0 aliphatic carbocycles. The number of carbonyl (C=O) groups is 1. The van der Waals surface area contributed by atoms with Gasteiger partial charge in [0.2, 0.25) is 0 Å². The van der Waals surface area contributed by atoms with Gasteiger partial charge in [-0.2, -0.15) is 0 Å². The summed E-state index contributed by atoms with van der Waals surface area (Å²) in [5.41, 5.74) is 0.566. The van der Waals surface area contributed by atoms with Crippen LogP contribution in [0.1, 0.15) is 17.3 Å². The number of morpholine rings is 1. The lowest BCUT2D eigenvalue weighted by Crippen LogP contribution is -2.45. The van der Waals surface area contributed by atoms with Gasteiger partial charge in [0.05, 0.1) is 18.3 Å². The van der Waals surface area contributed by atoms with Gasteiger partial charge in [0.15, 0.2) is 0 Å². The first kappa shape index (κ1) is 14.7. The molecule has 0 aromatic carbocycles. The second-order valence-corrected chi connectivity index (χ2v) is 4.93. The first-order valence-corrected chi connectivity index (χ1v) is 6.97. The van der Waals surface area contributed by atoms with Gasteiger partial charge >= 0.3 is 0 Å². The van der Waals surface area contributed by atoms with E-state index in [2.05, 4.69) is 27.6 Å². The average Bonchev–Trinajstić information content (AvgIpc) is 2.46. The maximum atomic E-state index is 12.0.